The number of carbonyl (C=O) groups excluding carboxylic acids is 1. The van der Waals surface area contributed by atoms with Crippen LogP contribution in [0.25, 0.3) is 0 Å². The van der Waals surface area contributed by atoms with Gasteiger partial charge in [0.1, 0.15) is 5.75 Å². The van der Waals surface area contributed by atoms with Crippen LogP contribution >= 0.6 is 12.4 Å². The Balaban J connectivity index is 0.00000144. The number of benzene rings is 1. The molecule has 0 aliphatic carbocycles. The van der Waals surface area contributed by atoms with Crippen molar-refractivity contribution in [3.8, 4) is 5.75 Å². The molecule has 17 heavy (non-hydrogen) atoms. The molecule has 0 saturated carbocycles. The molecule has 1 aliphatic heterocycles. The molecule has 94 valence electrons. The molecule has 0 unspecified atom stereocenters. The summed E-state index contributed by atoms with van der Waals surface area (Å²) in [5.74, 6) is 0.578. The first-order valence-corrected chi connectivity index (χ1v) is 5.59. The number of amides is 1. The number of nitrogens with one attached hydrogen (secondary N) is 2. The monoisotopic (exact) mass is 256 g/mol. The normalized spacial score (nSPS) is 15.8. The van der Waals surface area contributed by atoms with Crippen molar-refractivity contribution in [2.24, 2.45) is 0 Å². The maximum Gasteiger partial charge on any atom is 0.412 e. The van der Waals surface area contributed by atoms with Crippen molar-refractivity contribution in [1.29, 1.82) is 0 Å². The lowest BCUT2D eigenvalue weighted by atomic mass is 10.1. The molecule has 1 aliphatic rings. The Morgan fingerprint density at radius 2 is 1.88 bits per heavy atom. The second-order valence-corrected chi connectivity index (χ2v) is 3.87. The predicted molar refractivity (Wildman–Crippen MR) is 68.7 cm³/mol. The van der Waals surface area contributed by atoms with E-state index in [1.807, 2.05) is 18.2 Å². The van der Waals surface area contributed by atoms with Crippen molar-refractivity contribution in [3.05, 3.63) is 30.3 Å². The van der Waals surface area contributed by atoms with Crippen LogP contribution in [0, 0.1) is 0 Å². The van der Waals surface area contributed by atoms with Gasteiger partial charge in [-0.15, -0.1) is 12.4 Å². The topological polar surface area (TPSA) is 50.4 Å². The van der Waals surface area contributed by atoms with E-state index in [1.165, 1.54) is 0 Å². The Morgan fingerprint density at radius 1 is 1.24 bits per heavy atom. The van der Waals surface area contributed by atoms with Gasteiger partial charge in [-0.1, -0.05) is 18.2 Å². The van der Waals surface area contributed by atoms with Crippen molar-refractivity contribution in [1.82, 2.24) is 10.6 Å². The second kappa shape index (κ2) is 7.14. The smallest absolute Gasteiger partial charge is 0.410 e. The Bertz CT molecular complexity index is 340. The van der Waals surface area contributed by atoms with Crippen molar-refractivity contribution in [2.75, 3.05) is 13.1 Å². The number of halogens is 1. The van der Waals surface area contributed by atoms with Crippen LogP contribution in [0.2, 0.25) is 0 Å². The Labute approximate surface area is 107 Å². The summed E-state index contributed by atoms with van der Waals surface area (Å²) < 4.78 is 5.15. The van der Waals surface area contributed by atoms with E-state index >= 15 is 0 Å². The van der Waals surface area contributed by atoms with Gasteiger partial charge < -0.3 is 15.4 Å². The first kappa shape index (κ1) is 13.8. The molecule has 2 N–H and O–H groups in total. The maximum atomic E-state index is 11.5. The molecule has 1 fully saturated rings. The summed E-state index contributed by atoms with van der Waals surface area (Å²) in [4.78, 5) is 11.5. The summed E-state index contributed by atoms with van der Waals surface area (Å²) in [6, 6.07) is 9.33. The maximum absolute atomic E-state index is 11.5. The summed E-state index contributed by atoms with van der Waals surface area (Å²) in [5.41, 5.74) is 0. The lowest BCUT2D eigenvalue weighted by molar-refractivity contribution is 0.193. The van der Waals surface area contributed by atoms with Crippen molar-refractivity contribution < 1.29 is 9.53 Å². The molecular weight excluding hydrogens is 240 g/mol. The minimum Gasteiger partial charge on any atom is -0.410 e. The molecule has 1 saturated heterocycles. The van der Waals surface area contributed by atoms with E-state index < -0.39 is 0 Å². The minimum absolute atomic E-state index is 0. The summed E-state index contributed by atoms with van der Waals surface area (Å²) in [7, 11) is 0. The fourth-order valence-corrected chi connectivity index (χ4v) is 1.76. The van der Waals surface area contributed by atoms with Crippen LogP contribution in [0.3, 0.4) is 0 Å². The quantitative estimate of drug-likeness (QED) is 0.850. The molecular formula is C12H17ClN2O2. The van der Waals surface area contributed by atoms with E-state index in [0.717, 1.165) is 25.9 Å². The van der Waals surface area contributed by atoms with E-state index in [4.69, 9.17) is 4.74 Å². The van der Waals surface area contributed by atoms with Crippen molar-refractivity contribution in [2.45, 2.75) is 18.9 Å². The van der Waals surface area contributed by atoms with Gasteiger partial charge in [-0.05, 0) is 38.1 Å². The average Bonchev–Trinajstić information content (AvgIpc) is 2.31. The number of carbonyl (C=O) groups is 1. The van der Waals surface area contributed by atoms with Crippen molar-refractivity contribution >= 4 is 18.5 Å². The predicted octanol–water partition coefficient (Wildman–Crippen LogP) is 1.95. The van der Waals surface area contributed by atoms with Gasteiger partial charge in [0.2, 0.25) is 0 Å². The first-order chi connectivity index (χ1) is 7.84. The highest BCUT2D eigenvalue weighted by Gasteiger charge is 2.16. The number of hydrogen-bond acceptors (Lipinski definition) is 3. The number of rotatable bonds is 2. The summed E-state index contributed by atoms with van der Waals surface area (Å²) in [6.45, 7) is 1.91. The van der Waals surface area contributed by atoms with E-state index in [1.54, 1.807) is 12.1 Å². The fourth-order valence-electron chi connectivity index (χ4n) is 1.76. The summed E-state index contributed by atoms with van der Waals surface area (Å²) in [5, 5.41) is 6.11. The van der Waals surface area contributed by atoms with E-state index in [2.05, 4.69) is 10.6 Å². The highest BCUT2D eigenvalue weighted by molar-refractivity contribution is 5.85. The molecule has 1 amide bonds. The van der Waals surface area contributed by atoms with E-state index in [-0.39, 0.29) is 24.5 Å². The zero-order valence-corrected chi connectivity index (χ0v) is 10.3. The number of piperidine rings is 1. The van der Waals surface area contributed by atoms with Gasteiger partial charge in [-0.2, -0.15) is 0 Å². The van der Waals surface area contributed by atoms with Crippen LogP contribution in [0.4, 0.5) is 4.79 Å². The Kier molecular flexibility index (Phi) is 5.80. The van der Waals surface area contributed by atoms with E-state index in [9.17, 15) is 4.79 Å². The zero-order valence-electron chi connectivity index (χ0n) is 9.52. The van der Waals surface area contributed by atoms with Crippen molar-refractivity contribution in [3.63, 3.8) is 0 Å². The third-order valence-electron chi connectivity index (χ3n) is 2.61. The zero-order chi connectivity index (χ0) is 11.2. The molecule has 0 radical (unpaired) electrons. The molecule has 5 heteroatoms. The molecule has 0 aromatic heterocycles. The summed E-state index contributed by atoms with van der Waals surface area (Å²) >= 11 is 0. The molecule has 4 nitrogen and oxygen atoms in total. The lowest BCUT2D eigenvalue weighted by Gasteiger charge is -2.23. The number of ether oxygens (including phenoxy) is 1. The van der Waals surface area contributed by atoms with Crippen LogP contribution in [0.5, 0.6) is 5.75 Å². The molecule has 2 rings (SSSR count). The molecule has 1 heterocycles. The van der Waals surface area contributed by atoms with E-state index in [0.29, 0.717) is 5.75 Å². The highest BCUT2D eigenvalue weighted by atomic mass is 35.5. The Hall–Kier alpha value is -1.26. The first-order valence-electron chi connectivity index (χ1n) is 5.59. The fraction of sp³-hybridized carbons (Fsp3) is 0.417. The molecule has 1 aromatic rings. The standard InChI is InChI=1S/C12H16N2O2.ClH/c15-12(14-10-6-8-13-9-7-10)16-11-4-2-1-3-5-11;/h1-5,10,13H,6-9H2,(H,14,15);1H. The molecule has 0 bridgehead atoms. The van der Waals surface area contributed by atoms with Gasteiger partial charge in [-0.25, -0.2) is 4.79 Å². The van der Waals surface area contributed by atoms with Gasteiger partial charge in [0.25, 0.3) is 0 Å². The summed E-state index contributed by atoms with van der Waals surface area (Å²) in [6.07, 6.45) is 1.56. The van der Waals surface area contributed by atoms with Crippen LogP contribution in [0.15, 0.2) is 30.3 Å². The largest absolute Gasteiger partial charge is 0.412 e. The van der Waals surface area contributed by atoms with Crippen LogP contribution in [-0.2, 0) is 0 Å². The van der Waals surface area contributed by atoms with Gasteiger partial charge in [0.15, 0.2) is 0 Å². The Morgan fingerprint density at radius 3 is 2.53 bits per heavy atom. The van der Waals surface area contributed by atoms with Gasteiger partial charge in [-0.3, -0.25) is 0 Å². The van der Waals surface area contributed by atoms with Crippen LogP contribution in [0.1, 0.15) is 12.8 Å². The second-order valence-electron chi connectivity index (χ2n) is 3.87. The molecule has 0 spiro atoms. The highest BCUT2D eigenvalue weighted by Crippen LogP contribution is 2.09. The molecule has 0 atom stereocenters. The number of hydrogen-bond donors (Lipinski definition) is 2. The minimum atomic E-state index is -0.363. The third kappa shape index (κ3) is 4.63. The average molecular weight is 257 g/mol. The lowest BCUT2D eigenvalue weighted by Crippen LogP contribution is -2.43. The van der Waals surface area contributed by atoms with Gasteiger partial charge in [0, 0.05) is 6.04 Å². The van der Waals surface area contributed by atoms with Crippen LogP contribution in [-0.4, -0.2) is 25.2 Å². The third-order valence-corrected chi connectivity index (χ3v) is 2.61. The molecule has 1 aromatic carbocycles. The number of para-hydroxylation sites is 1. The SMILES string of the molecule is Cl.O=C(NC1CCNCC1)Oc1ccccc1. The van der Waals surface area contributed by atoms with Gasteiger partial charge >= 0.3 is 6.09 Å². The van der Waals surface area contributed by atoms with Crippen LogP contribution < -0.4 is 15.4 Å². The van der Waals surface area contributed by atoms with Gasteiger partial charge in [0.05, 0.1) is 0 Å².